The molecule has 1 saturated heterocycles. The standard InChI is InChI=1S/C22H26N4O5/c1-31-18-9-10-19(20(14-18)26(29)30)24-21(27)11-13-25-12-5-6-16(15-25)22(28)23-17-7-3-2-4-8-17/h2-4,7-10,14,16H,5-6,11-13,15H2,1H3,(H,23,28)(H,24,27)/t16-/m1/s1. The second kappa shape index (κ2) is 10.5. The number of nitro benzene ring substituents is 1. The number of nitro groups is 1. The number of rotatable bonds is 8. The molecule has 0 aliphatic carbocycles. The Kier molecular flexibility index (Phi) is 7.55. The van der Waals surface area contributed by atoms with Crippen molar-refractivity contribution < 1.29 is 19.2 Å². The summed E-state index contributed by atoms with van der Waals surface area (Å²) < 4.78 is 5.00. The molecule has 1 fully saturated rings. The van der Waals surface area contributed by atoms with Crippen molar-refractivity contribution in [1.29, 1.82) is 0 Å². The average Bonchev–Trinajstić information content (AvgIpc) is 2.78. The van der Waals surface area contributed by atoms with E-state index in [1.54, 1.807) is 6.07 Å². The number of carbonyl (C=O) groups excluding carboxylic acids is 2. The van der Waals surface area contributed by atoms with Crippen molar-refractivity contribution in [3.05, 3.63) is 58.6 Å². The Morgan fingerprint density at radius 2 is 1.97 bits per heavy atom. The Hall–Kier alpha value is -3.46. The molecule has 9 nitrogen and oxygen atoms in total. The number of hydrogen-bond donors (Lipinski definition) is 2. The molecule has 0 bridgehead atoms. The van der Waals surface area contributed by atoms with Crippen molar-refractivity contribution in [2.75, 3.05) is 37.4 Å². The van der Waals surface area contributed by atoms with Gasteiger partial charge in [-0.15, -0.1) is 0 Å². The van der Waals surface area contributed by atoms with Gasteiger partial charge < -0.3 is 20.3 Å². The summed E-state index contributed by atoms with van der Waals surface area (Å²) >= 11 is 0. The molecule has 2 N–H and O–H groups in total. The van der Waals surface area contributed by atoms with E-state index < -0.39 is 4.92 Å². The predicted molar refractivity (Wildman–Crippen MR) is 117 cm³/mol. The molecule has 1 atom stereocenters. The van der Waals surface area contributed by atoms with Crippen LogP contribution in [0.2, 0.25) is 0 Å². The number of ether oxygens (including phenoxy) is 1. The first-order chi connectivity index (χ1) is 15.0. The van der Waals surface area contributed by atoms with Crippen molar-refractivity contribution in [2.45, 2.75) is 19.3 Å². The van der Waals surface area contributed by atoms with Gasteiger partial charge in [-0.3, -0.25) is 19.7 Å². The molecular weight excluding hydrogens is 400 g/mol. The zero-order valence-electron chi connectivity index (χ0n) is 17.4. The van der Waals surface area contributed by atoms with Gasteiger partial charge in [0.2, 0.25) is 11.8 Å². The van der Waals surface area contributed by atoms with Gasteiger partial charge in [-0.1, -0.05) is 18.2 Å². The maximum absolute atomic E-state index is 12.6. The van der Waals surface area contributed by atoms with E-state index >= 15 is 0 Å². The molecular formula is C22H26N4O5. The van der Waals surface area contributed by atoms with Crippen LogP contribution in [0.3, 0.4) is 0 Å². The predicted octanol–water partition coefficient (Wildman–Crippen LogP) is 3.28. The Bertz CT molecular complexity index is 935. The highest BCUT2D eigenvalue weighted by molar-refractivity contribution is 5.94. The second-order valence-corrected chi connectivity index (χ2v) is 7.43. The number of carbonyl (C=O) groups is 2. The van der Waals surface area contributed by atoms with Gasteiger partial charge in [0, 0.05) is 25.2 Å². The summed E-state index contributed by atoms with van der Waals surface area (Å²) in [6.07, 6.45) is 1.86. The SMILES string of the molecule is COc1ccc(NC(=O)CCN2CCC[C@@H](C(=O)Nc3ccccc3)C2)c([N+](=O)[O-])c1. The third-order valence-electron chi connectivity index (χ3n) is 5.25. The van der Waals surface area contributed by atoms with E-state index in [1.807, 2.05) is 30.3 Å². The maximum atomic E-state index is 12.6. The van der Waals surface area contributed by atoms with Gasteiger partial charge in [-0.25, -0.2) is 0 Å². The van der Waals surface area contributed by atoms with Crippen molar-refractivity contribution in [1.82, 2.24) is 4.90 Å². The van der Waals surface area contributed by atoms with Crippen LogP contribution in [0.1, 0.15) is 19.3 Å². The number of piperidine rings is 1. The van der Waals surface area contributed by atoms with Crippen molar-refractivity contribution in [3.8, 4) is 5.75 Å². The Morgan fingerprint density at radius 1 is 1.19 bits per heavy atom. The number of nitrogens with zero attached hydrogens (tertiary/aromatic N) is 2. The minimum atomic E-state index is -0.557. The smallest absolute Gasteiger partial charge is 0.296 e. The second-order valence-electron chi connectivity index (χ2n) is 7.43. The van der Waals surface area contributed by atoms with Gasteiger partial charge in [0.25, 0.3) is 5.69 Å². The molecule has 164 valence electrons. The summed E-state index contributed by atoms with van der Waals surface area (Å²) in [6.45, 7) is 1.87. The molecule has 9 heteroatoms. The van der Waals surface area contributed by atoms with Crippen LogP contribution >= 0.6 is 0 Å². The zero-order chi connectivity index (χ0) is 22.2. The molecule has 0 saturated carbocycles. The van der Waals surface area contributed by atoms with Gasteiger partial charge in [0.05, 0.1) is 24.0 Å². The first kappa shape index (κ1) is 22.2. The van der Waals surface area contributed by atoms with E-state index in [4.69, 9.17) is 4.74 Å². The summed E-state index contributed by atoms with van der Waals surface area (Å²) in [5, 5.41) is 16.8. The fraction of sp³-hybridized carbons (Fsp3) is 0.364. The van der Waals surface area contributed by atoms with Crippen LogP contribution in [0.4, 0.5) is 17.1 Å². The van der Waals surface area contributed by atoms with Crippen molar-refractivity contribution in [2.24, 2.45) is 5.92 Å². The van der Waals surface area contributed by atoms with Crippen LogP contribution < -0.4 is 15.4 Å². The summed E-state index contributed by atoms with van der Waals surface area (Å²) in [4.78, 5) is 37.7. The third kappa shape index (κ3) is 6.26. The molecule has 2 amide bonds. The lowest BCUT2D eigenvalue weighted by Gasteiger charge is -2.31. The normalized spacial score (nSPS) is 16.4. The number of hydrogen-bond acceptors (Lipinski definition) is 6. The molecule has 0 unspecified atom stereocenters. The van der Waals surface area contributed by atoms with E-state index in [0.29, 0.717) is 18.8 Å². The van der Waals surface area contributed by atoms with E-state index in [0.717, 1.165) is 25.1 Å². The highest BCUT2D eigenvalue weighted by atomic mass is 16.6. The number of para-hydroxylation sites is 1. The van der Waals surface area contributed by atoms with Crippen LogP contribution in [0, 0.1) is 16.0 Å². The number of likely N-dealkylation sites (tertiary alicyclic amines) is 1. The molecule has 1 heterocycles. The minimum absolute atomic E-state index is 0.0193. The fourth-order valence-electron chi connectivity index (χ4n) is 3.61. The minimum Gasteiger partial charge on any atom is -0.496 e. The van der Waals surface area contributed by atoms with Crippen molar-refractivity contribution >= 4 is 28.9 Å². The zero-order valence-corrected chi connectivity index (χ0v) is 17.4. The Morgan fingerprint density at radius 3 is 2.68 bits per heavy atom. The molecule has 0 aromatic heterocycles. The average molecular weight is 426 g/mol. The van der Waals surface area contributed by atoms with Gasteiger partial charge in [0.15, 0.2) is 0 Å². The quantitative estimate of drug-likeness (QED) is 0.495. The van der Waals surface area contributed by atoms with Crippen LogP contribution in [-0.4, -0.2) is 48.4 Å². The summed E-state index contributed by atoms with van der Waals surface area (Å²) in [7, 11) is 1.42. The van der Waals surface area contributed by atoms with Crippen molar-refractivity contribution in [3.63, 3.8) is 0 Å². The van der Waals surface area contributed by atoms with Gasteiger partial charge in [-0.05, 0) is 43.7 Å². The lowest BCUT2D eigenvalue weighted by molar-refractivity contribution is -0.384. The molecule has 2 aromatic rings. The van der Waals surface area contributed by atoms with E-state index in [-0.39, 0.29) is 35.5 Å². The lowest BCUT2D eigenvalue weighted by atomic mass is 9.97. The maximum Gasteiger partial charge on any atom is 0.296 e. The topological polar surface area (TPSA) is 114 Å². The molecule has 2 aromatic carbocycles. The van der Waals surface area contributed by atoms with Crippen LogP contribution in [-0.2, 0) is 9.59 Å². The number of nitrogens with one attached hydrogen (secondary N) is 2. The van der Waals surface area contributed by atoms with E-state index in [9.17, 15) is 19.7 Å². The molecule has 3 rings (SSSR count). The van der Waals surface area contributed by atoms with E-state index in [2.05, 4.69) is 15.5 Å². The molecule has 0 radical (unpaired) electrons. The first-order valence-corrected chi connectivity index (χ1v) is 10.2. The van der Waals surface area contributed by atoms with Gasteiger partial charge in [-0.2, -0.15) is 0 Å². The molecule has 0 spiro atoms. The van der Waals surface area contributed by atoms with Crippen LogP contribution in [0.5, 0.6) is 5.75 Å². The molecule has 1 aliphatic heterocycles. The number of benzene rings is 2. The monoisotopic (exact) mass is 426 g/mol. The number of anilines is 2. The van der Waals surface area contributed by atoms with Crippen LogP contribution in [0.25, 0.3) is 0 Å². The lowest BCUT2D eigenvalue weighted by Crippen LogP contribution is -2.41. The molecule has 31 heavy (non-hydrogen) atoms. The third-order valence-corrected chi connectivity index (χ3v) is 5.25. The fourth-order valence-corrected chi connectivity index (χ4v) is 3.61. The van der Waals surface area contributed by atoms with Gasteiger partial charge in [0.1, 0.15) is 11.4 Å². The summed E-state index contributed by atoms with van der Waals surface area (Å²) in [5.74, 6) is -0.129. The Balaban J connectivity index is 1.51. The summed E-state index contributed by atoms with van der Waals surface area (Å²) in [6, 6.07) is 13.6. The summed E-state index contributed by atoms with van der Waals surface area (Å²) in [5.41, 5.74) is 0.683. The number of amides is 2. The number of methoxy groups -OCH3 is 1. The van der Waals surface area contributed by atoms with Gasteiger partial charge >= 0.3 is 0 Å². The first-order valence-electron chi connectivity index (χ1n) is 10.2. The molecule has 1 aliphatic rings. The largest absolute Gasteiger partial charge is 0.496 e. The highest BCUT2D eigenvalue weighted by Crippen LogP contribution is 2.29. The van der Waals surface area contributed by atoms with E-state index in [1.165, 1.54) is 19.2 Å². The Labute approximate surface area is 180 Å². The van der Waals surface area contributed by atoms with Crippen LogP contribution in [0.15, 0.2) is 48.5 Å². The highest BCUT2D eigenvalue weighted by Gasteiger charge is 2.26.